The van der Waals surface area contributed by atoms with Crippen LogP contribution in [0.5, 0.6) is 0 Å². The molecular weight excluding hydrogens is 344 g/mol. The Kier molecular flexibility index (Phi) is 4.85. The van der Waals surface area contributed by atoms with Gasteiger partial charge in [-0.25, -0.2) is 4.68 Å². The van der Waals surface area contributed by atoms with Crippen LogP contribution in [0, 0.1) is 13.8 Å². The second-order valence-corrected chi connectivity index (χ2v) is 7.73. The molecule has 2 aromatic rings. The smallest absolute Gasteiger partial charge is 0.267 e. The maximum Gasteiger partial charge on any atom is 0.267 e. The summed E-state index contributed by atoms with van der Waals surface area (Å²) < 4.78 is 6.82. The maximum absolute atomic E-state index is 12.6. The predicted octanol–water partition coefficient (Wildman–Crippen LogP) is 2.52. The van der Waals surface area contributed by atoms with Gasteiger partial charge in [-0.2, -0.15) is 5.10 Å². The third-order valence-electron chi connectivity index (χ3n) is 5.77. The van der Waals surface area contributed by atoms with Crippen LogP contribution >= 0.6 is 0 Å². The van der Waals surface area contributed by atoms with E-state index in [0.29, 0.717) is 31.8 Å². The number of aromatic nitrogens is 3. The van der Waals surface area contributed by atoms with E-state index in [-0.39, 0.29) is 17.5 Å². The van der Waals surface area contributed by atoms with Crippen LogP contribution in [-0.4, -0.2) is 38.8 Å². The van der Waals surface area contributed by atoms with E-state index in [0.717, 1.165) is 35.6 Å². The number of nitrogens with zero attached hydrogens (tertiary/aromatic N) is 4. The third-order valence-corrected chi connectivity index (χ3v) is 5.77. The van der Waals surface area contributed by atoms with E-state index in [1.54, 1.807) is 10.7 Å². The Morgan fingerprint density at radius 3 is 2.56 bits per heavy atom. The summed E-state index contributed by atoms with van der Waals surface area (Å²) in [6.07, 6.45) is 5.01. The van der Waals surface area contributed by atoms with Crippen LogP contribution in [0.25, 0.3) is 0 Å². The second kappa shape index (κ2) is 7.29. The Balaban J connectivity index is 1.34. The molecule has 1 saturated heterocycles. The molecule has 0 spiro atoms. The molecule has 2 fully saturated rings. The van der Waals surface area contributed by atoms with Gasteiger partial charge in [-0.05, 0) is 52.0 Å². The average molecular weight is 370 g/mol. The fourth-order valence-corrected chi connectivity index (χ4v) is 3.91. The van der Waals surface area contributed by atoms with Gasteiger partial charge in [0.2, 0.25) is 5.91 Å². The first-order chi connectivity index (χ1) is 13.0. The van der Waals surface area contributed by atoms with Crippen LogP contribution in [-0.2, 0) is 11.2 Å². The van der Waals surface area contributed by atoms with E-state index in [2.05, 4.69) is 10.3 Å². The minimum Gasteiger partial charge on any atom is -0.361 e. The maximum atomic E-state index is 12.6. The van der Waals surface area contributed by atoms with Gasteiger partial charge in [-0.15, -0.1) is 0 Å². The van der Waals surface area contributed by atoms with Gasteiger partial charge in [-0.1, -0.05) is 5.16 Å². The number of carbonyl (C=O) groups excluding carboxylic acids is 1. The summed E-state index contributed by atoms with van der Waals surface area (Å²) in [5.74, 6) is 1.48. The molecule has 0 bridgehead atoms. The molecule has 7 nitrogen and oxygen atoms in total. The van der Waals surface area contributed by atoms with Crippen molar-refractivity contribution in [3.05, 3.63) is 45.2 Å². The summed E-state index contributed by atoms with van der Waals surface area (Å²) in [4.78, 5) is 26.7. The zero-order valence-corrected chi connectivity index (χ0v) is 16.0. The van der Waals surface area contributed by atoms with Crippen LogP contribution in [0.15, 0.2) is 21.5 Å². The Bertz CT molecular complexity index is 869. The lowest BCUT2D eigenvalue weighted by Crippen LogP contribution is -2.41. The number of likely N-dealkylation sites (tertiary alicyclic amines) is 1. The van der Waals surface area contributed by atoms with E-state index >= 15 is 0 Å². The molecule has 1 amide bonds. The van der Waals surface area contributed by atoms with Crippen LogP contribution in [0.1, 0.15) is 66.8 Å². The molecule has 0 radical (unpaired) electrons. The van der Waals surface area contributed by atoms with Gasteiger partial charge in [0, 0.05) is 37.1 Å². The number of rotatable bonds is 5. The highest BCUT2D eigenvalue weighted by atomic mass is 16.5. The molecule has 2 aromatic heterocycles. The Morgan fingerprint density at radius 2 is 1.93 bits per heavy atom. The van der Waals surface area contributed by atoms with Gasteiger partial charge in [0.15, 0.2) is 0 Å². The van der Waals surface area contributed by atoms with Crippen LogP contribution in [0.2, 0.25) is 0 Å². The SMILES string of the molecule is Cc1noc(C)c1CCC(=O)N1CCC(n2nc(C3CC3)ccc2=O)CC1. The lowest BCUT2D eigenvalue weighted by Gasteiger charge is -2.32. The first kappa shape index (κ1) is 17.9. The van der Waals surface area contributed by atoms with Crippen LogP contribution in [0.4, 0.5) is 0 Å². The van der Waals surface area contributed by atoms with Crippen molar-refractivity contribution in [2.45, 2.75) is 64.3 Å². The molecule has 144 valence electrons. The van der Waals surface area contributed by atoms with Gasteiger partial charge in [0.25, 0.3) is 5.56 Å². The second-order valence-electron chi connectivity index (χ2n) is 7.73. The predicted molar refractivity (Wildman–Crippen MR) is 99.6 cm³/mol. The number of aryl methyl sites for hydroxylation is 2. The average Bonchev–Trinajstić information content (AvgIpc) is 3.47. The molecule has 7 heteroatoms. The lowest BCUT2D eigenvalue weighted by molar-refractivity contribution is -0.132. The van der Waals surface area contributed by atoms with Gasteiger partial charge >= 0.3 is 0 Å². The molecule has 1 saturated carbocycles. The highest BCUT2D eigenvalue weighted by Gasteiger charge is 2.28. The molecule has 1 aliphatic heterocycles. The number of amides is 1. The molecule has 2 aliphatic rings. The normalized spacial score (nSPS) is 18.1. The number of carbonyl (C=O) groups is 1. The number of piperidine rings is 1. The third kappa shape index (κ3) is 3.82. The largest absolute Gasteiger partial charge is 0.361 e. The van der Waals surface area contributed by atoms with Crippen LogP contribution < -0.4 is 5.56 Å². The van der Waals surface area contributed by atoms with E-state index in [1.807, 2.05) is 24.8 Å². The summed E-state index contributed by atoms with van der Waals surface area (Å²) in [5.41, 5.74) is 2.89. The Labute approximate surface area is 158 Å². The molecule has 0 atom stereocenters. The zero-order chi connectivity index (χ0) is 19.0. The van der Waals surface area contributed by atoms with E-state index < -0.39 is 0 Å². The Morgan fingerprint density at radius 1 is 1.19 bits per heavy atom. The van der Waals surface area contributed by atoms with Gasteiger partial charge < -0.3 is 9.42 Å². The van der Waals surface area contributed by atoms with E-state index in [9.17, 15) is 9.59 Å². The molecule has 1 aliphatic carbocycles. The summed E-state index contributed by atoms with van der Waals surface area (Å²) in [5, 5.41) is 8.54. The van der Waals surface area contributed by atoms with E-state index in [1.165, 1.54) is 12.8 Å². The van der Waals surface area contributed by atoms with Gasteiger partial charge in [0.1, 0.15) is 5.76 Å². The van der Waals surface area contributed by atoms with Gasteiger partial charge in [0.05, 0.1) is 17.4 Å². The topological polar surface area (TPSA) is 81.2 Å². The highest BCUT2D eigenvalue weighted by Crippen LogP contribution is 2.38. The molecular formula is C20H26N4O3. The standard InChI is InChI=1S/C20H26N4O3/c1-13-17(14(2)27-22-13)5-7-19(25)23-11-9-16(10-12-23)24-20(26)8-6-18(21-24)15-3-4-15/h6,8,15-16H,3-5,7,9-12H2,1-2H3. The van der Waals surface area contributed by atoms with Crippen molar-refractivity contribution in [2.75, 3.05) is 13.1 Å². The quantitative estimate of drug-likeness (QED) is 0.808. The van der Waals surface area contributed by atoms with Crippen molar-refractivity contribution in [1.82, 2.24) is 19.8 Å². The summed E-state index contributed by atoms with van der Waals surface area (Å²) >= 11 is 0. The van der Waals surface area contributed by atoms with Crippen molar-refractivity contribution in [3.8, 4) is 0 Å². The van der Waals surface area contributed by atoms with Crippen molar-refractivity contribution >= 4 is 5.91 Å². The van der Waals surface area contributed by atoms with E-state index in [4.69, 9.17) is 4.52 Å². The minimum absolute atomic E-state index is 0.0393. The minimum atomic E-state index is -0.0393. The van der Waals surface area contributed by atoms with Gasteiger partial charge in [-0.3, -0.25) is 9.59 Å². The first-order valence-electron chi connectivity index (χ1n) is 9.82. The highest BCUT2D eigenvalue weighted by molar-refractivity contribution is 5.76. The van der Waals surface area contributed by atoms with Crippen molar-refractivity contribution in [2.24, 2.45) is 0 Å². The van der Waals surface area contributed by atoms with Crippen molar-refractivity contribution in [1.29, 1.82) is 0 Å². The number of hydrogen-bond donors (Lipinski definition) is 0. The fraction of sp³-hybridized carbons (Fsp3) is 0.600. The Hall–Kier alpha value is -2.44. The number of hydrogen-bond acceptors (Lipinski definition) is 5. The fourth-order valence-electron chi connectivity index (χ4n) is 3.91. The molecule has 0 aromatic carbocycles. The van der Waals surface area contributed by atoms with Crippen molar-refractivity contribution in [3.63, 3.8) is 0 Å². The lowest BCUT2D eigenvalue weighted by atomic mass is 10.0. The molecule has 3 heterocycles. The van der Waals surface area contributed by atoms with Crippen LogP contribution in [0.3, 0.4) is 0 Å². The molecule has 0 N–H and O–H groups in total. The first-order valence-corrected chi connectivity index (χ1v) is 9.82. The zero-order valence-electron chi connectivity index (χ0n) is 16.0. The summed E-state index contributed by atoms with van der Waals surface area (Å²) in [6, 6.07) is 3.59. The molecule has 4 rings (SSSR count). The summed E-state index contributed by atoms with van der Waals surface area (Å²) in [6.45, 7) is 5.13. The summed E-state index contributed by atoms with van der Waals surface area (Å²) in [7, 11) is 0. The monoisotopic (exact) mass is 370 g/mol. The van der Waals surface area contributed by atoms with Crippen molar-refractivity contribution < 1.29 is 9.32 Å². The molecule has 27 heavy (non-hydrogen) atoms. The molecule has 0 unspecified atom stereocenters.